The van der Waals surface area contributed by atoms with E-state index in [9.17, 15) is 24.0 Å². The van der Waals surface area contributed by atoms with Gasteiger partial charge in [-0.2, -0.15) is 9.58 Å². The van der Waals surface area contributed by atoms with Gasteiger partial charge in [0.2, 0.25) is 12.6 Å². The van der Waals surface area contributed by atoms with Crippen molar-refractivity contribution < 1.29 is 37.8 Å². The van der Waals surface area contributed by atoms with Crippen molar-refractivity contribution in [1.29, 1.82) is 0 Å². The van der Waals surface area contributed by atoms with Gasteiger partial charge in [0, 0.05) is 0 Å². The summed E-state index contributed by atoms with van der Waals surface area (Å²) in [5, 5.41) is 4.14. The molecule has 2 aliphatic rings. The number of methoxy groups -OCH3 is 1. The molecule has 1 aromatic heterocycles. The number of carbonyl (C=O) groups excluding carboxylic acids is 4. The predicted molar refractivity (Wildman–Crippen MR) is 142 cm³/mol. The molecular formula is C27H35N5O9. The van der Waals surface area contributed by atoms with Crippen molar-refractivity contribution in [3.8, 4) is 11.5 Å². The minimum absolute atomic E-state index is 0.0235. The van der Waals surface area contributed by atoms with E-state index >= 15 is 0 Å². The zero-order chi connectivity index (χ0) is 30.0. The van der Waals surface area contributed by atoms with Gasteiger partial charge in [0.25, 0.3) is 17.7 Å². The molecule has 14 heteroatoms. The van der Waals surface area contributed by atoms with E-state index in [1.165, 1.54) is 0 Å². The topological polar surface area (TPSA) is 176 Å². The van der Waals surface area contributed by atoms with Gasteiger partial charge in [-0.15, -0.1) is 5.10 Å². The number of rotatable bonds is 9. The van der Waals surface area contributed by atoms with Crippen molar-refractivity contribution >= 4 is 23.7 Å². The van der Waals surface area contributed by atoms with Crippen LogP contribution in [0.4, 0.5) is 4.79 Å². The minimum Gasteiger partial charge on any atom is -0.454 e. The molecule has 1 aromatic carbocycles. The van der Waals surface area contributed by atoms with Crippen molar-refractivity contribution in [2.75, 3.05) is 20.4 Å². The van der Waals surface area contributed by atoms with Gasteiger partial charge in [-0.1, -0.05) is 33.8 Å². The van der Waals surface area contributed by atoms with Crippen LogP contribution in [0.2, 0.25) is 0 Å². The standard InChI is InChI=1S/C27H35N5O9/c1-14(2)20(28)25(35)32(27(37)38-5)24(34)17-7-6-10-30(17)21(15(3)4)22(33)23-29-31(26(36)41-23)12-16-8-9-18-19(11-16)40-13-39-18/h8-9,11,14-15,17,20-21H,6-7,10,12-13,28H2,1-5H3/t17-,20-,21-/m0/s1. The number of ether oxygens (including phenoxy) is 3. The lowest BCUT2D eigenvalue weighted by Crippen LogP contribution is -2.58. The number of benzene rings is 1. The lowest BCUT2D eigenvalue weighted by molar-refractivity contribution is -0.146. The van der Waals surface area contributed by atoms with Crippen LogP contribution in [0.3, 0.4) is 0 Å². The zero-order valence-electron chi connectivity index (χ0n) is 23.7. The second-order valence-electron chi connectivity index (χ2n) is 10.7. The molecule has 0 unspecified atom stereocenters. The third-order valence-electron chi connectivity index (χ3n) is 7.22. The van der Waals surface area contributed by atoms with Gasteiger partial charge in [-0.05, 0) is 48.9 Å². The summed E-state index contributed by atoms with van der Waals surface area (Å²) in [6, 6.07) is 2.13. The summed E-state index contributed by atoms with van der Waals surface area (Å²) >= 11 is 0. The Morgan fingerprint density at radius 1 is 1.12 bits per heavy atom. The summed E-state index contributed by atoms with van der Waals surface area (Å²) in [6.45, 7) is 7.40. The molecule has 4 rings (SSSR count). The van der Waals surface area contributed by atoms with Crippen LogP contribution in [0.25, 0.3) is 0 Å². The molecule has 0 spiro atoms. The molecule has 2 aliphatic heterocycles. The molecule has 0 saturated carbocycles. The van der Waals surface area contributed by atoms with Crippen molar-refractivity contribution in [3.63, 3.8) is 0 Å². The molecule has 0 bridgehead atoms. The molecule has 41 heavy (non-hydrogen) atoms. The first-order chi connectivity index (χ1) is 19.4. The molecule has 222 valence electrons. The molecule has 1 saturated heterocycles. The van der Waals surface area contributed by atoms with E-state index in [1.54, 1.807) is 50.8 Å². The number of fused-ring (bicyclic) bond motifs is 1. The van der Waals surface area contributed by atoms with Crippen LogP contribution < -0.4 is 21.0 Å². The summed E-state index contributed by atoms with van der Waals surface area (Å²) in [7, 11) is 1.06. The van der Waals surface area contributed by atoms with Gasteiger partial charge in [0.1, 0.15) is 0 Å². The van der Waals surface area contributed by atoms with Crippen LogP contribution in [0.15, 0.2) is 27.4 Å². The van der Waals surface area contributed by atoms with Gasteiger partial charge in [0.15, 0.2) is 11.5 Å². The minimum atomic E-state index is -1.15. The maximum atomic E-state index is 13.7. The average molecular weight is 574 g/mol. The number of hydrogen-bond acceptors (Lipinski definition) is 12. The second-order valence-corrected chi connectivity index (χ2v) is 10.7. The summed E-state index contributed by atoms with van der Waals surface area (Å²) in [6.07, 6.45) is -0.340. The lowest BCUT2D eigenvalue weighted by Gasteiger charge is -2.35. The van der Waals surface area contributed by atoms with Gasteiger partial charge in [-0.25, -0.2) is 9.59 Å². The zero-order valence-corrected chi connectivity index (χ0v) is 23.7. The maximum absolute atomic E-state index is 13.7. The quantitative estimate of drug-likeness (QED) is 0.427. The molecule has 3 amide bonds. The average Bonchev–Trinajstić information content (AvgIpc) is 3.68. The SMILES string of the molecule is COC(=O)N(C(=O)[C@@H](N)C(C)C)C(=O)[C@@H]1CCCN1[C@H](C(=O)c1nn(Cc2ccc3c(c2)OCO3)c(=O)o1)C(C)C. The number of ketones is 1. The van der Waals surface area contributed by atoms with Crippen LogP contribution in [-0.2, 0) is 20.9 Å². The van der Waals surface area contributed by atoms with Gasteiger partial charge in [0.05, 0.1) is 31.8 Å². The molecule has 0 aliphatic carbocycles. The molecule has 14 nitrogen and oxygen atoms in total. The Morgan fingerprint density at radius 2 is 1.83 bits per heavy atom. The first-order valence-electron chi connectivity index (χ1n) is 13.4. The Balaban J connectivity index is 1.58. The number of hydrogen-bond donors (Lipinski definition) is 1. The highest BCUT2D eigenvalue weighted by Gasteiger charge is 2.46. The Bertz CT molecular complexity index is 1380. The van der Waals surface area contributed by atoms with Crippen LogP contribution in [-0.4, -0.2) is 81.8 Å². The lowest BCUT2D eigenvalue weighted by atomic mass is 9.96. The number of nitrogens with zero attached hydrogens (tertiary/aromatic N) is 4. The van der Waals surface area contributed by atoms with Gasteiger partial charge >= 0.3 is 11.8 Å². The maximum Gasteiger partial charge on any atom is 0.437 e. The first kappa shape index (κ1) is 29.9. The number of imide groups is 3. The van der Waals surface area contributed by atoms with E-state index in [1.807, 2.05) is 0 Å². The third-order valence-corrected chi connectivity index (χ3v) is 7.22. The molecule has 2 aromatic rings. The Hall–Kier alpha value is -4.04. The molecule has 1 fully saturated rings. The summed E-state index contributed by atoms with van der Waals surface area (Å²) < 4.78 is 21.7. The number of amides is 3. The third kappa shape index (κ3) is 6.03. The second kappa shape index (κ2) is 12.2. The molecule has 3 atom stereocenters. The van der Waals surface area contributed by atoms with Crippen molar-refractivity contribution in [3.05, 3.63) is 40.2 Å². The molecule has 2 N–H and O–H groups in total. The number of Topliss-reactive ketones (excluding diaryl/α,β-unsaturated/α-hetero) is 1. The molecule has 3 heterocycles. The van der Waals surface area contributed by atoms with Crippen molar-refractivity contribution in [1.82, 2.24) is 19.6 Å². The van der Waals surface area contributed by atoms with E-state index in [-0.39, 0.29) is 31.6 Å². The number of carbonyl (C=O) groups is 4. The van der Waals surface area contributed by atoms with Crippen molar-refractivity contribution in [2.45, 2.75) is 65.2 Å². The van der Waals surface area contributed by atoms with Crippen LogP contribution in [0.1, 0.15) is 56.8 Å². The Morgan fingerprint density at radius 3 is 2.49 bits per heavy atom. The predicted octanol–water partition coefficient (Wildman–Crippen LogP) is 1.39. The van der Waals surface area contributed by atoms with Crippen LogP contribution in [0, 0.1) is 11.8 Å². The van der Waals surface area contributed by atoms with Crippen LogP contribution in [0.5, 0.6) is 11.5 Å². The highest BCUT2D eigenvalue weighted by molar-refractivity contribution is 6.12. The fourth-order valence-corrected chi connectivity index (χ4v) is 5.03. The summed E-state index contributed by atoms with van der Waals surface area (Å²) in [4.78, 5) is 67.6. The molecule has 0 radical (unpaired) electrons. The first-order valence-corrected chi connectivity index (χ1v) is 13.4. The monoisotopic (exact) mass is 573 g/mol. The normalized spacial score (nSPS) is 18.0. The highest BCUT2D eigenvalue weighted by atomic mass is 16.7. The summed E-state index contributed by atoms with van der Waals surface area (Å²) in [5.74, 6) is -3.12. The molecular weight excluding hydrogens is 538 g/mol. The van der Waals surface area contributed by atoms with E-state index in [4.69, 9.17) is 24.4 Å². The van der Waals surface area contributed by atoms with E-state index < -0.39 is 53.5 Å². The van der Waals surface area contributed by atoms with E-state index in [2.05, 4.69) is 5.10 Å². The smallest absolute Gasteiger partial charge is 0.437 e. The highest BCUT2D eigenvalue weighted by Crippen LogP contribution is 2.33. The number of likely N-dealkylation sites (tertiary alicyclic amines) is 1. The van der Waals surface area contributed by atoms with Gasteiger partial charge < -0.3 is 24.4 Å². The number of nitrogens with two attached hydrogens (primary N) is 1. The fourth-order valence-electron chi connectivity index (χ4n) is 5.03. The Labute approximate surface area is 236 Å². The fraction of sp³-hybridized carbons (Fsp3) is 0.556. The largest absolute Gasteiger partial charge is 0.454 e. The van der Waals surface area contributed by atoms with E-state index in [0.29, 0.717) is 34.9 Å². The van der Waals surface area contributed by atoms with E-state index in [0.717, 1.165) is 11.8 Å². The van der Waals surface area contributed by atoms with Gasteiger partial charge in [-0.3, -0.25) is 19.3 Å². The Kier molecular flexibility index (Phi) is 8.92. The van der Waals surface area contributed by atoms with Crippen molar-refractivity contribution in [2.24, 2.45) is 17.6 Å². The van der Waals surface area contributed by atoms with Crippen LogP contribution >= 0.6 is 0 Å². The number of aromatic nitrogens is 2. The summed E-state index contributed by atoms with van der Waals surface area (Å²) in [5.41, 5.74) is 6.65.